The summed E-state index contributed by atoms with van der Waals surface area (Å²) in [7, 11) is 0. The van der Waals surface area contributed by atoms with Crippen LogP contribution in [0.5, 0.6) is 5.75 Å². The highest BCUT2D eigenvalue weighted by Crippen LogP contribution is 2.34. The first-order valence-electron chi connectivity index (χ1n) is 7.74. The summed E-state index contributed by atoms with van der Waals surface area (Å²) < 4.78 is 6.01. The monoisotopic (exact) mass is 259 g/mol. The molecular weight excluding hydrogens is 234 g/mol. The van der Waals surface area contributed by atoms with E-state index < -0.39 is 0 Å². The molecule has 0 radical (unpaired) electrons. The van der Waals surface area contributed by atoms with Crippen LogP contribution in [0.3, 0.4) is 0 Å². The molecule has 2 aliphatic rings. The Balaban J connectivity index is 1.49. The lowest BCUT2D eigenvalue weighted by molar-refractivity contribution is 0.218. The van der Waals surface area contributed by atoms with Crippen molar-refractivity contribution in [1.82, 2.24) is 5.32 Å². The summed E-state index contributed by atoms with van der Waals surface area (Å²) in [6.07, 6.45) is 6.87. The fraction of sp³-hybridized carbons (Fsp3) is 0.647. The minimum Gasteiger partial charge on any atom is -0.488 e. The van der Waals surface area contributed by atoms with E-state index in [1.165, 1.54) is 36.8 Å². The third kappa shape index (κ3) is 3.30. The van der Waals surface area contributed by atoms with E-state index in [4.69, 9.17) is 4.74 Å². The zero-order valence-corrected chi connectivity index (χ0v) is 12.1. The van der Waals surface area contributed by atoms with Crippen LogP contribution < -0.4 is 10.1 Å². The van der Waals surface area contributed by atoms with Crippen LogP contribution in [0.25, 0.3) is 0 Å². The van der Waals surface area contributed by atoms with Gasteiger partial charge in [0.25, 0.3) is 0 Å². The molecule has 1 aromatic rings. The highest BCUT2D eigenvalue weighted by molar-refractivity contribution is 5.40. The largest absolute Gasteiger partial charge is 0.488 e. The van der Waals surface area contributed by atoms with Gasteiger partial charge in [-0.1, -0.05) is 37.5 Å². The summed E-state index contributed by atoms with van der Waals surface area (Å²) in [5.41, 5.74) is 2.71. The summed E-state index contributed by atoms with van der Waals surface area (Å²) in [5.74, 6) is 2.09. The smallest absolute Gasteiger partial charge is 0.123 e. The third-order valence-electron chi connectivity index (χ3n) is 4.40. The number of hydrogen-bond donors (Lipinski definition) is 1. The number of benzene rings is 1. The normalized spacial score (nSPS) is 22.9. The molecule has 1 saturated carbocycles. The van der Waals surface area contributed by atoms with Crippen molar-refractivity contribution in [1.29, 1.82) is 0 Å². The third-order valence-corrected chi connectivity index (χ3v) is 4.40. The van der Waals surface area contributed by atoms with Crippen LogP contribution in [0.4, 0.5) is 0 Å². The Kier molecular flexibility index (Phi) is 3.79. The van der Waals surface area contributed by atoms with Crippen molar-refractivity contribution in [3.05, 3.63) is 29.3 Å². The number of aryl methyl sites for hydroxylation is 1. The molecule has 2 nitrogen and oxygen atoms in total. The molecule has 1 aliphatic carbocycles. The van der Waals surface area contributed by atoms with Gasteiger partial charge >= 0.3 is 0 Å². The summed E-state index contributed by atoms with van der Waals surface area (Å²) in [5, 5.41) is 3.71. The number of ether oxygens (including phenoxy) is 1. The molecule has 2 heteroatoms. The van der Waals surface area contributed by atoms with Crippen molar-refractivity contribution in [3.8, 4) is 5.75 Å². The molecule has 1 heterocycles. The molecule has 1 N–H and O–H groups in total. The predicted molar refractivity (Wildman–Crippen MR) is 78.7 cm³/mol. The molecule has 1 aromatic carbocycles. The average Bonchev–Trinajstić information content (AvgIpc) is 3.13. The number of nitrogens with one attached hydrogen (secondary N) is 1. The minimum absolute atomic E-state index is 0.324. The van der Waals surface area contributed by atoms with Crippen molar-refractivity contribution in [2.45, 2.75) is 58.1 Å². The number of fused-ring (bicyclic) bond motifs is 1. The summed E-state index contributed by atoms with van der Waals surface area (Å²) in [6.45, 7) is 5.42. The van der Waals surface area contributed by atoms with Gasteiger partial charge in [-0.05, 0) is 37.3 Å². The molecule has 1 aliphatic heterocycles. The van der Waals surface area contributed by atoms with Gasteiger partial charge in [0, 0.05) is 19.0 Å². The lowest BCUT2D eigenvalue weighted by Gasteiger charge is -2.19. The van der Waals surface area contributed by atoms with Crippen molar-refractivity contribution in [3.63, 3.8) is 0 Å². The molecule has 2 atom stereocenters. The Bertz CT molecular complexity index is 439. The first-order chi connectivity index (χ1) is 9.24. The van der Waals surface area contributed by atoms with Gasteiger partial charge in [0.15, 0.2) is 0 Å². The van der Waals surface area contributed by atoms with Gasteiger partial charge in [-0.15, -0.1) is 0 Å². The van der Waals surface area contributed by atoms with E-state index in [-0.39, 0.29) is 0 Å². The van der Waals surface area contributed by atoms with Gasteiger partial charge in [-0.3, -0.25) is 0 Å². The maximum atomic E-state index is 6.01. The maximum Gasteiger partial charge on any atom is 0.123 e. The predicted octanol–water partition coefficient (Wildman–Crippen LogP) is 3.47. The maximum absolute atomic E-state index is 6.01. The first kappa shape index (κ1) is 13.0. The van der Waals surface area contributed by atoms with Gasteiger partial charge in [-0.25, -0.2) is 0 Å². The van der Waals surface area contributed by atoms with Gasteiger partial charge in [0.2, 0.25) is 0 Å². The van der Waals surface area contributed by atoms with Gasteiger partial charge in [-0.2, -0.15) is 0 Å². The Morgan fingerprint density at radius 3 is 2.95 bits per heavy atom. The van der Waals surface area contributed by atoms with Crippen LogP contribution in [0.2, 0.25) is 0 Å². The second-order valence-electron chi connectivity index (χ2n) is 6.25. The lowest BCUT2D eigenvalue weighted by Crippen LogP contribution is -2.37. The van der Waals surface area contributed by atoms with E-state index in [0.29, 0.717) is 12.1 Å². The van der Waals surface area contributed by atoms with Crippen molar-refractivity contribution < 1.29 is 4.74 Å². The van der Waals surface area contributed by atoms with Crippen LogP contribution in [0.1, 0.15) is 43.7 Å². The lowest BCUT2D eigenvalue weighted by atomic mass is 10.1. The molecule has 19 heavy (non-hydrogen) atoms. The van der Waals surface area contributed by atoms with E-state index in [1.807, 2.05) is 0 Å². The molecule has 2 unspecified atom stereocenters. The molecule has 0 amide bonds. The zero-order valence-electron chi connectivity index (χ0n) is 12.1. The second-order valence-corrected chi connectivity index (χ2v) is 6.25. The standard InChI is InChI=1S/C17H25NO/c1-3-15(9-13-5-6-13)18-11-16-10-14-8-12(2)4-7-17(14)19-16/h4,7-8,13,15-16,18H,3,5-6,9-11H2,1-2H3. The first-order valence-corrected chi connectivity index (χ1v) is 7.74. The van der Waals surface area contributed by atoms with Crippen LogP contribution in [0.15, 0.2) is 18.2 Å². The van der Waals surface area contributed by atoms with Crippen LogP contribution in [0, 0.1) is 12.8 Å². The summed E-state index contributed by atoms with van der Waals surface area (Å²) in [4.78, 5) is 0. The summed E-state index contributed by atoms with van der Waals surface area (Å²) in [6, 6.07) is 7.20. The van der Waals surface area contributed by atoms with Gasteiger partial charge in [0.1, 0.15) is 11.9 Å². The van der Waals surface area contributed by atoms with E-state index in [0.717, 1.165) is 24.6 Å². The van der Waals surface area contributed by atoms with Crippen molar-refractivity contribution in [2.75, 3.05) is 6.54 Å². The van der Waals surface area contributed by atoms with Crippen molar-refractivity contribution >= 4 is 0 Å². The number of hydrogen-bond acceptors (Lipinski definition) is 2. The van der Waals surface area contributed by atoms with Crippen LogP contribution >= 0.6 is 0 Å². The molecule has 3 rings (SSSR count). The number of rotatable bonds is 6. The molecule has 104 valence electrons. The van der Waals surface area contributed by atoms with Gasteiger partial charge < -0.3 is 10.1 Å². The summed E-state index contributed by atoms with van der Waals surface area (Å²) >= 11 is 0. The average molecular weight is 259 g/mol. The van der Waals surface area contributed by atoms with E-state index in [9.17, 15) is 0 Å². The Morgan fingerprint density at radius 2 is 2.21 bits per heavy atom. The van der Waals surface area contributed by atoms with E-state index >= 15 is 0 Å². The molecule has 0 aromatic heterocycles. The van der Waals surface area contributed by atoms with Gasteiger partial charge in [0.05, 0.1) is 0 Å². The Hall–Kier alpha value is -1.02. The Labute approximate surface area is 116 Å². The van der Waals surface area contributed by atoms with Crippen LogP contribution in [-0.4, -0.2) is 18.7 Å². The molecule has 0 bridgehead atoms. The molecule has 0 spiro atoms. The van der Waals surface area contributed by atoms with Crippen molar-refractivity contribution in [2.24, 2.45) is 5.92 Å². The molecule has 1 fully saturated rings. The fourth-order valence-electron chi connectivity index (χ4n) is 3.01. The quantitative estimate of drug-likeness (QED) is 0.844. The fourth-order valence-corrected chi connectivity index (χ4v) is 3.01. The second kappa shape index (κ2) is 5.54. The molecular formula is C17H25NO. The SMILES string of the molecule is CCC(CC1CC1)NCC1Cc2cc(C)ccc2O1. The van der Waals surface area contributed by atoms with E-state index in [1.54, 1.807) is 0 Å². The topological polar surface area (TPSA) is 21.3 Å². The highest BCUT2D eigenvalue weighted by atomic mass is 16.5. The van der Waals surface area contributed by atoms with Crippen LogP contribution in [-0.2, 0) is 6.42 Å². The molecule has 0 saturated heterocycles. The zero-order chi connectivity index (χ0) is 13.2. The highest BCUT2D eigenvalue weighted by Gasteiger charge is 2.26. The Morgan fingerprint density at radius 1 is 1.37 bits per heavy atom. The van der Waals surface area contributed by atoms with E-state index in [2.05, 4.69) is 37.4 Å². The minimum atomic E-state index is 0.324.